The van der Waals surface area contributed by atoms with Gasteiger partial charge in [-0.15, -0.1) is 0 Å². The summed E-state index contributed by atoms with van der Waals surface area (Å²) in [5, 5.41) is 0. The molecule has 0 aliphatic carbocycles. The van der Waals surface area contributed by atoms with Crippen LogP contribution in [0.4, 0.5) is 0 Å². The molecule has 15 heavy (non-hydrogen) atoms. The van der Waals surface area contributed by atoms with Gasteiger partial charge in [0.25, 0.3) is 0 Å². The average molecular weight is 206 g/mol. The average Bonchev–Trinajstić information content (AvgIpc) is 2.27. The Morgan fingerprint density at radius 3 is 2.40 bits per heavy atom. The monoisotopic (exact) mass is 206 g/mol. The van der Waals surface area contributed by atoms with Crippen LogP contribution in [0.3, 0.4) is 0 Å². The van der Waals surface area contributed by atoms with Crippen LogP contribution >= 0.6 is 0 Å². The summed E-state index contributed by atoms with van der Waals surface area (Å²) in [5.41, 5.74) is 0.655. The van der Waals surface area contributed by atoms with E-state index in [1.807, 2.05) is 18.2 Å². The molecule has 1 aromatic carbocycles. The van der Waals surface area contributed by atoms with Gasteiger partial charge in [0.1, 0.15) is 6.61 Å². The van der Waals surface area contributed by atoms with E-state index in [1.165, 1.54) is 7.11 Å². The van der Waals surface area contributed by atoms with E-state index in [2.05, 4.69) is 4.74 Å². The zero-order valence-corrected chi connectivity index (χ0v) is 8.73. The highest BCUT2D eigenvalue weighted by Crippen LogP contribution is 2.05. The van der Waals surface area contributed by atoms with Gasteiger partial charge < -0.3 is 4.74 Å². The first-order valence-corrected chi connectivity index (χ1v) is 4.83. The summed E-state index contributed by atoms with van der Waals surface area (Å²) in [7, 11) is 1.47. The summed E-state index contributed by atoms with van der Waals surface area (Å²) >= 11 is 0. The molecule has 0 unspecified atom stereocenters. The second-order valence-corrected chi connectivity index (χ2v) is 3.26. The Morgan fingerprint density at radius 1 is 1.13 bits per heavy atom. The van der Waals surface area contributed by atoms with E-state index >= 15 is 0 Å². The van der Waals surface area contributed by atoms with Crippen LogP contribution in [-0.2, 0) is 9.53 Å². The molecule has 0 aromatic heterocycles. The number of rotatable bonds is 6. The maximum Gasteiger partial charge on any atom is 0.163 e. The van der Waals surface area contributed by atoms with Crippen LogP contribution in [0.2, 0.25) is 0 Å². The van der Waals surface area contributed by atoms with Gasteiger partial charge >= 0.3 is 0 Å². The minimum Gasteiger partial charge on any atom is -0.377 e. The lowest BCUT2D eigenvalue weighted by molar-refractivity contribution is -0.122. The number of carbonyl (C=O) groups is 2. The molecule has 3 nitrogen and oxygen atoms in total. The Kier molecular flexibility index (Phi) is 4.71. The highest BCUT2D eigenvalue weighted by atomic mass is 16.5. The first kappa shape index (κ1) is 11.6. The van der Waals surface area contributed by atoms with Crippen LogP contribution in [0.25, 0.3) is 0 Å². The number of methoxy groups -OCH3 is 1. The summed E-state index contributed by atoms with van der Waals surface area (Å²) in [4.78, 5) is 22.7. The summed E-state index contributed by atoms with van der Waals surface area (Å²) < 4.78 is 4.68. The van der Waals surface area contributed by atoms with Crippen LogP contribution in [0.5, 0.6) is 0 Å². The van der Waals surface area contributed by atoms with Gasteiger partial charge in [0.2, 0.25) is 0 Å². The van der Waals surface area contributed by atoms with Gasteiger partial charge in [-0.25, -0.2) is 0 Å². The molecular weight excluding hydrogens is 192 g/mol. The molecular formula is C12H14O3. The molecule has 0 spiro atoms. The fraction of sp³-hybridized carbons (Fsp3) is 0.333. The molecule has 0 saturated heterocycles. The molecule has 3 heteroatoms. The van der Waals surface area contributed by atoms with Gasteiger partial charge in [-0.2, -0.15) is 0 Å². The van der Waals surface area contributed by atoms with Gasteiger partial charge in [0.05, 0.1) is 0 Å². The highest BCUT2D eigenvalue weighted by molar-refractivity contribution is 5.98. The standard InChI is InChI=1S/C12H14O3/c1-15-9-11(13)7-8-12(14)10-5-3-2-4-6-10/h2-6H,7-9H2,1H3. The van der Waals surface area contributed by atoms with Crippen molar-refractivity contribution in [2.45, 2.75) is 12.8 Å². The second-order valence-electron chi connectivity index (χ2n) is 3.26. The SMILES string of the molecule is COCC(=O)CCC(=O)c1ccccc1. The first-order valence-electron chi connectivity index (χ1n) is 4.83. The minimum atomic E-state index is -0.0400. The number of ether oxygens (including phenoxy) is 1. The lowest BCUT2D eigenvalue weighted by atomic mass is 10.1. The summed E-state index contributed by atoms with van der Waals surface area (Å²) in [6, 6.07) is 8.98. The zero-order chi connectivity index (χ0) is 11.1. The van der Waals surface area contributed by atoms with Crippen LogP contribution in [-0.4, -0.2) is 25.3 Å². The van der Waals surface area contributed by atoms with Crippen molar-refractivity contribution in [3.63, 3.8) is 0 Å². The highest BCUT2D eigenvalue weighted by Gasteiger charge is 2.08. The normalized spacial score (nSPS) is 9.93. The summed E-state index contributed by atoms with van der Waals surface area (Å²) in [6.07, 6.45) is 0.508. The number of hydrogen-bond acceptors (Lipinski definition) is 3. The number of hydrogen-bond donors (Lipinski definition) is 0. The van der Waals surface area contributed by atoms with E-state index in [1.54, 1.807) is 12.1 Å². The molecule has 0 aliphatic rings. The van der Waals surface area contributed by atoms with Gasteiger partial charge in [-0.3, -0.25) is 9.59 Å². The van der Waals surface area contributed by atoms with Gasteiger partial charge in [-0.05, 0) is 0 Å². The van der Waals surface area contributed by atoms with Crippen molar-refractivity contribution in [1.29, 1.82) is 0 Å². The Hall–Kier alpha value is -1.48. The summed E-state index contributed by atoms with van der Waals surface area (Å²) in [5.74, 6) is -0.0400. The van der Waals surface area contributed by atoms with E-state index in [9.17, 15) is 9.59 Å². The minimum absolute atomic E-state index is 0.0000491. The van der Waals surface area contributed by atoms with Gasteiger partial charge in [0.15, 0.2) is 11.6 Å². The molecule has 0 N–H and O–H groups in total. The van der Waals surface area contributed by atoms with Crippen molar-refractivity contribution in [2.24, 2.45) is 0 Å². The molecule has 0 aliphatic heterocycles. The third-order valence-electron chi connectivity index (χ3n) is 2.03. The van der Waals surface area contributed by atoms with Crippen LogP contribution < -0.4 is 0 Å². The lowest BCUT2D eigenvalue weighted by Gasteiger charge is -2.00. The fourth-order valence-corrected chi connectivity index (χ4v) is 1.25. The Morgan fingerprint density at radius 2 is 1.80 bits per heavy atom. The molecule has 0 heterocycles. The van der Waals surface area contributed by atoms with Crippen molar-refractivity contribution < 1.29 is 14.3 Å². The predicted molar refractivity (Wildman–Crippen MR) is 56.9 cm³/mol. The Labute approximate surface area is 89.1 Å². The fourth-order valence-electron chi connectivity index (χ4n) is 1.25. The topological polar surface area (TPSA) is 43.4 Å². The maximum atomic E-state index is 11.6. The maximum absolute atomic E-state index is 11.6. The van der Waals surface area contributed by atoms with Crippen molar-refractivity contribution >= 4 is 11.6 Å². The van der Waals surface area contributed by atoms with E-state index < -0.39 is 0 Å². The second kappa shape index (κ2) is 6.09. The predicted octanol–water partition coefficient (Wildman–Crippen LogP) is 1.86. The Balaban J connectivity index is 2.40. The van der Waals surface area contributed by atoms with Crippen molar-refractivity contribution in [3.8, 4) is 0 Å². The van der Waals surface area contributed by atoms with Crippen molar-refractivity contribution in [1.82, 2.24) is 0 Å². The van der Waals surface area contributed by atoms with Crippen molar-refractivity contribution in [3.05, 3.63) is 35.9 Å². The smallest absolute Gasteiger partial charge is 0.163 e. The van der Waals surface area contributed by atoms with Crippen LogP contribution in [0, 0.1) is 0 Å². The number of carbonyl (C=O) groups excluding carboxylic acids is 2. The summed E-state index contributed by atoms with van der Waals surface area (Å²) in [6.45, 7) is 0.0854. The zero-order valence-electron chi connectivity index (χ0n) is 8.73. The van der Waals surface area contributed by atoms with Crippen LogP contribution in [0.1, 0.15) is 23.2 Å². The van der Waals surface area contributed by atoms with E-state index in [-0.39, 0.29) is 31.0 Å². The van der Waals surface area contributed by atoms with E-state index in [0.29, 0.717) is 5.56 Å². The third kappa shape index (κ3) is 4.04. The van der Waals surface area contributed by atoms with Gasteiger partial charge in [-0.1, -0.05) is 30.3 Å². The van der Waals surface area contributed by atoms with Gasteiger partial charge in [0, 0.05) is 25.5 Å². The third-order valence-corrected chi connectivity index (χ3v) is 2.03. The van der Waals surface area contributed by atoms with Crippen LogP contribution in [0.15, 0.2) is 30.3 Å². The Bertz CT molecular complexity index is 330. The molecule has 80 valence electrons. The quantitative estimate of drug-likeness (QED) is 0.667. The number of benzene rings is 1. The molecule has 0 bridgehead atoms. The molecule has 0 amide bonds. The number of Topliss-reactive ketones (excluding diaryl/α,β-unsaturated/α-hetero) is 2. The van der Waals surface area contributed by atoms with Crippen molar-refractivity contribution in [2.75, 3.05) is 13.7 Å². The first-order chi connectivity index (χ1) is 7.24. The molecule has 1 rings (SSSR count). The number of ketones is 2. The largest absolute Gasteiger partial charge is 0.377 e. The van der Waals surface area contributed by atoms with E-state index in [0.717, 1.165) is 0 Å². The molecule has 1 aromatic rings. The molecule has 0 atom stereocenters. The molecule has 0 fully saturated rings. The molecule has 0 saturated carbocycles. The lowest BCUT2D eigenvalue weighted by Crippen LogP contribution is -2.09. The molecule has 0 radical (unpaired) electrons. The van der Waals surface area contributed by atoms with E-state index in [4.69, 9.17) is 0 Å².